The van der Waals surface area contributed by atoms with E-state index < -0.39 is 10.0 Å². The normalized spacial score (nSPS) is 11.3. The summed E-state index contributed by atoms with van der Waals surface area (Å²) in [6.45, 7) is 0.260. The molecule has 0 saturated carbocycles. The van der Waals surface area contributed by atoms with E-state index in [4.69, 9.17) is 5.14 Å². The van der Waals surface area contributed by atoms with E-state index >= 15 is 0 Å². The number of anilines is 1. The fourth-order valence-electron chi connectivity index (χ4n) is 2.98. The van der Waals surface area contributed by atoms with Crippen LogP contribution in [0.5, 0.6) is 0 Å². The maximum absolute atomic E-state index is 12.2. The van der Waals surface area contributed by atoms with E-state index in [-0.39, 0.29) is 11.5 Å². The summed E-state index contributed by atoms with van der Waals surface area (Å²) in [5.41, 5.74) is 3.78. The van der Waals surface area contributed by atoms with Crippen molar-refractivity contribution in [3.8, 4) is 0 Å². The van der Waals surface area contributed by atoms with Crippen molar-refractivity contribution in [2.45, 2.75) is 24.5 Å². The molecule has 0 aliphatic heterocycles. The Morgan fingerprint density at radius 3 is 2.00 bits per heavy atom. The molecular formula is C21H22N2O3S. The van der Waals surface area contributed by atoms with Crippen LogP contribution in [-0.4, -0.2) is 13.5 Å². The quantitative estimate of drug-likeness (QED) is 0.586. The lowest BCUT2D eigenvalue weighted by Crippen LogP contribution is -2.17. The average Bonchev–Trinajstić information content (AvgIpc) is 2.67. The molecule has 0 fully saturated rings. The van der Waals surface area contributed by atoms with Gasteiger partial charge in [-0.2, -0.15) is 0 Å². The van der Waals surface area contributed by atoms with Crippen molar-refractivity contribution >= 4 is 15.7 Å². The van der Waals surface area contributed by atoms with Gasteiger partial charge in [0.1, 0.15) is 0 Å². The van der Waals surface area contributed by atoms with Crippen molar-refractivity contribution in [2.24, 2.45) is 5.14 Å². The summed E-state index contributed by atoms with van der Waals surface area (Å²) < 4.78 is 24.4. The molecule has 0 aromatic heterocycles. The van der Waals surface area contributed by atoms with Gasteiger partial charge in [0.15, 0.2) is 0 Å². The number of hydrogen-bond acceptors (Lipinski definition) is 4. The van der Waals surface area contributed by atoms with Crippen LogP contribution < -0.4 is 10.5 Å². The molecule has 3 aromatic carbocycles. The standard InChI is InChI=1S/C21H22N2O3S/c22-27(25,26)21-13-18(15-24)12-20(23-14-17-9-5-2-6-10-17)19(21)11-16-7-3-1-4-8-16/h1-10,12-13,23-24H,11,14-15H2,(H2,22,25,26). The second-order valence-electron chi connectivity index (χ2n) is 6.32. The van der Waals surface area contributed by atoms with Crippen LogP contribution in [-0.2, 0) is 29.6 Å². The molecule has 5 nitrogen and oxygen atoms in total. The van der Waals surface area contributed by atoms with E-state index in [1.54, 1.807) is 6.07 Å². The predicted molar refractivity (Wildman–Crippen MR) is 107 cm³/mol. The number of rotatable bonds is 7. The van der Waals surface area contributed by atoms with E-state index in [1.165, 1.54) is 6.07 Å². The topological polar surface area (TPSA) is 92.4 Å². The lowest BCUT2D eigenvalue weighted by molar-refractivity contribution is 0.281. The minimum Gasteiger partial charge on any atom is -0.392 e. The largest absolute Gasteiger partial charge is 0.392 e. The Morgan fingerprint density at radius 2 is 1.44 bits per heavy atom. The van der Waals surface area contributed by atoms with Gasteiger partial charge in [0.05, 0.1) is 11.5 Å². The molecule has 0 atom stereocenters. The number of sulfonamides is 1. The number of hydrogen-bond donors (Lipinski definition) is 3. The van der Waals surface area contributed by atoms with Crippen LogP contribution in [0.15, 0.2) is 77.7 Å². The molecule has 3 rings (SSSR count). The Hall–Kier alpha value is -2.67. The summed E-state index contributed by atoms with van der Waals surface area (Å²) in [5.74, 6) is 0. The van der Waals surface area contributed by atoms with Crippen LogP contribution in [0.25, 0.3) is 0 Å². The first-order chi connectivity index (χ1) is 13.0. The Morgan fingerprint density at radius 1 is 0.852 bits per heavy atom. The highest BCUT2D eigenvalue weighted by atomic mass is 32.2. The van der Waals surface area contributed by atoms with Crippen LogP contribution in [0.4, 0.5) is 5.69 Å². The molecule has 0 aliphatic rings. The Labute approximate surface area is 159 Å². The fraction of sp³-hybridized carbons (Fsp3) is 0.143. The molecule has 0 radical (unpaired) electrons. The van der Waals surface area contributed by atoms with Gasteiger partial charge in [-0.05, 0) is 34.4 Å². The zero-order valence-corrected chi connectivity index (χ0v) is 15.6. The second-order valence-corrected chi connectivity index (χ2v) is 7.85. The van der Waals surface area contributed by atoms with Gasteiger partial charge in [-0.25, -0.2) is 13.6 Å². The predicted octanol–water partition coefficient (Wildman–Crippen LogP) is 3.03. The van der Waals surface area contributed by atoms with Crippen LogP contribution in [0.2, 0.25) is 0 Å². The first-order valence-electron chi connectivity index (χ1n) is 8.58. The number of nitrogens with one attached hydrogen (secondary N) is 1. The Bertz CT molecular complexity index is 1000. The third-order valence-electron chi connectivity index (χ3n) is 4.31. The number of aliphatic hydroxyl groups excluding tert-OH is 1. The van der Waals surface area contributed by atoms with E-state index in [2.05, 4.69) is 5.32 Å². The second kappa shape index (κ2) is 8.35. The highest BCUT2D eigenvalue weighted by Gasteiger charge is 2.19. The molecule has 0 spiro atoms. The van der Waals surface area contributed by atoms with Crippen molar-refractivity contribution in [2.75, 3.05) is 5.32 Å². The first kappa shape index (κ1) is 19.1. The SMILES string of the molecule is NS(=O)(=O)c1cc(CO)cc(NCc2ccccc2)c1Cc1ccccc1. The third kappa shape index (κ3) is 4.95. The van der Waals surface area contributed by atoms with Crippen molar-refractivity contribution in [3.63, 3.8) is 0 Å². The summed E-state index contributed by atoms with van der Waals surface area (Å²) in [5, 5.41) is 18.3. The monoisotopic (exact) mass is 382 g/mol. The van der Waals surface area contributed by atoms with Crippen molar-refractivity contribution in [1.29, 1.82) is 0 Å². The number of benzene rings is 3. The van der Waals surface area contributed by atoms with Gasteiger partial charge in [-0.1, -0.05) is 60.7 Å². The zero-order chi connectivity index (χ0) is 19.3. The minimum atomic E-state index is -3.94. The molecule has 0 saturated heterocycles. The first-order valence-corrected chi connectivity index (χ1v) is 10.1. The molecule has 0 aliphatic carbocycles. The maximum Gasteiger partial charge on any atom is 0.238 e. The van der Waals surface area contributed by atoms with Gasteiger partial charge in [0.2, 0.25) is 10.0 Å². The molecule has 0 heterocycles. The van der Waals surface area contributed by atoms with Crippen LogP contribution in [0.1, 0.15) is 22.3 Å². The van der Waals surface area contributed by atoms with Gasteiger partial charge < -0.3 is 10.4 Å². The molecule has 140 valence electrons. The van der Waals surface area contributed by atoms with Crippen molar-refractivity contribution in [3.05, 3.63) is 95.1 Å². The lowest BCUT2D eigenvalue weighted by atomic mass is 10.0. The maximum atomic E-state index is 12.2. The molecule has 0 bridgehead atoms. The summed E-state index contributed by atoms with van der Waals surface area (Å²) >= 11 is 0. The van der Waals surface area contributed by atoms with Gasteiger partial charge in [-0.15, -0.1) is 0 Å². The van der Waals surface area contributed by atoms with Gasteiger partial charge in [-0.3, -0.25) is 0 Å². The summed E-state index contributed by atoms with van der Waals surface area (Å²) in [7, 11) is -3.94. The van der Waals surface area contributed by atoms with Crippen LogP contribution >= 0.6 is 0 Å². The summed E-state index contributed by atoms with van der Waals surface area (Å²) in [6, 6.07) is 22.6. The minimum absolute atomic E-state index is 0.0356. The van der Waals surface area contributed by atoms with Gasteiger partial charge in [0, 0.05) is 18.7 Å². The Balaban J connectivity index is 2.05. The highest BCUT2D eigenvalue weighted by molar-refractivity contribution is 7.89. The lowest BCUT2D eigenvalue weighted by Gasteiger charge is -2.17. The molecule has 6 heteroatoms. The van der Waals surface area contributed by atoms with E-state index in [1.807, 2.05) is 60.7 Å². The number of primary sulfonamides is 1. The molecule has 4 N–H and O–H groups in total. The van der Waals surface area contributed by atoms with Crippen LogP contribution in [0.3, 0.4) is 0 Å². The smallest absolute Gasteiger partial charge is 0.238 e. The highest BCUT2D eigenvalue weighted by Crippen LogP contribution is 2.29. The third-order valence-corrected chi connectivity index (χ3v) is 5.28. The zero-order valence-electron chi connectivity index (χ0n) is 14.8. The Kier molecular flexibility index (Phi) is 5.91. The van der Waals surface area contributed by atoms with Gasteiger partial charge >= 0.3 is 0 Å². The molecule has 0 amide bonds. The van der Waals surface area contributed by atoms with Crippen LogP contribution in [0, 0.1) is 0 Å². The molecule has 27 heavy (non-hydrogen) atoms. The fourth-order valence-corrected chi connectivity index (χ4v) is 3.82. The van der Waals surface area contributed by atoms with Crippen molar-refractivity contribution in [1.82, 2.24) is 0 Å². The molecule has 0 unspecified atom stereocenters. The molecular weight excluding hydrogens is 360 g/mol. The summed E-state index contributed by atoms with van der Waals surface area (Å²) in [4.78, 5) is 0.0356. The number of aliphatic hydroxyl groups is 1. The van der Waals surface area contributed by atoms with E-state index in [0.717, 1.165) is 11.1 Å². The van der Waals surface area contributed by atoms with Gasteiger partial charge in [0.25, 0.3) is 0 Å². The average molecular weight is 382 g/mol. The van der Waals surface area contributed by atoms with E-state index in [9.17, 15) is 13.5 Å². The molecule has 3 aromatic rings. The number of nitrogens with two attached hydrogens (primary N) is 1. The summed E-state index contributed by atoms with van der Waals surface area (Å²) in [6.07, 6.45) is 0.412. The van der Waals surface area contributed by atoms with E-state index in [0.29, 0.717) is 29.8 Å². The van der Waals surface area contributed by atoms with Crippen molar-refractivity contribution < 1.29 is 13.5 Å².